The molecule has 2 aromatic heterocycles. The number of anilines is 1. The molecule has 2 N–H and O–H groups in total. The van der Waals surface area contributed by atoms with E-state index in [1.165, 1.54) is 0 Å². The van der Waals surface area contributed by atoms with E-state index in [1.54, 1.807) is 6.20 Å². The van der Waals surface area contributed by atoms with Gasteiger partial charge in [-0.2, -0.15) is 5.10 Å². The van der Waals surface area contributed by atoms with Gasteiger partial charge in [0.25, 0.3) is 0 Å². The maximum atomic E-state index is 4.42. The zero-order valence-electron chi connectivity index (χ0n) is 9.98. The second-order valence-corrected chi connectivity index (χ2v) is 4.56. The molecule has 0 radical (unpaired) electrons. The number of hydrogen-bond acceptors (Lipinski definition) is 4. The van der Waals surface area contributed by atoms with E-state index in [1.807, 2.05) is 17.6 Å². The number of hydrogen-bond donors (Lipinski definition) is 2. The van der Waals surface area contributed by atoms with Gasteiger partial charge in [0.05, 0.1) is 5.69 Å². The van der Waals surface area contributed by atoms with Crippen molar-refractivity contribution in [2.24, 2.45) is 0 Å². The van der Waals surface area contributed by atoms with Crippen LogP contribution in [-0.2, 0) is 0 Å². The maximum Gasteiger partial charge on any atom is 0.152 e. The fourth-order valence-electron chi connectivity index (χ4n) is 2.32. The lowest BCUT2D eigenvalue weighted by Gasteiger charge is -2.24. The van der Waals surface area contributed by atoms with Crippen molar-refractivity contribution in [1.29, 1.82) is 0 Å². The number of fused-ring (bicyclic) bond motifs is 1. The molecular weight excluding hydrogens is 214 g/mol. The second-order valence-electron chi connectivity index (χ2n) is 4.56. The van der Waals surface area contributed by atoms with Crippen LogP contribution in [0, 0.1) is 6.92 Å². The van der Waals surface area contributed by atoms with Crippen LogP contribution in [0.15, 0.2) is 18.5 Å². The molecular formula is C12H17N5. The Kier molecular flexibility index (Phi) is 2.68. The summed E-state index contributed by atoms with van der Waals surface area (Å²) in [5, 5.41) is 11.3. The summed E-state index contributed by atoms with van der Waals surface area (Å²) < 4.78 is 1.88. The van der Waals surface area contributed by atoms with Crippen LogP contribution in [0.2, 0.25) is 0 Å². The molecule has 17 heavy (non-hydrogen) atoms. The Bertz CT molecular complexity index is 513. The highest BCUT2D eigenvalue weighted by Gasteiger charge is 2.14. The number of aryl methyl sites for hydroxylation is 1. The van der Waals surface area contributed by atoms with Crippen LogP contribution in [-0.4, -0.2) is 33.7 Å². The van der Waals surface area contributed by atoms with Crippen molar-refractivity contribution in [3.8, 4) is 0 Å². The van der Waals surface area contributed by atoms with Gasteiger partial charge in [-0.25, -0.2) is 9.50 Å². The van der Waals surface area contributed by atoms with Crippen LogP contribution < -0.4 is 10.6 Å². The zero-order valence-corrected chi connectivity index (χ0v) is 9.98. The van der Waals surface area contributed by atoms with E-state index in [0.717, 1.165) is 43.0 Å². The van der Waals surface area contributed by atoms with E-state index in [-0.39, 0.29) is 0 Å². The minimum atomic E-state index is 0.519. The molecule has 1 aliphatic heterocycles. The van der Waals surface area contributed by atoms with Gasteiger partial charge < -0.3 is 10.6 Å². The molecule has 3 heterocycles. The first kappa shape index (κ1) is 10.5. The van der Waals surface area contributed by atoms with E-state index in [9.17, 15) is 0 Å². The Morgan fingerprint density at radius 1 is 1.41 bits per heavy atom. The van der Waals surface area contributed by atoms with Gasteiger partial charge in [-0.1, -0.05) is 0 Å². The van der Waals surface area contributed by atoms with Crippen LogP contribution in [0.1, 0.15) is 18.5 Å². The Morgan fingerprint density at radius 2 is 2.24 bits per heavy atom. The standard InChI is InChI=1S/C12H17N5/c1-9-8-11-12(14-6-7-17(11)16-9)15-10-2-4-13-5-3-10/h6-8,10,13H,2-5H2,1H3,(H,14,15). The van der Waals surface area contributed by atoms with Crippen molar-refractivity contribution in [2.45, 2.75) is 25.8 Å². The molecule has 0 aromatic carbocycles. The van der Waals surface area contributed by atoms with Crippen molar-refractivity contribution in [1.82, 2.24) is 19.9 Å². The molecule has 5 heteroatoms. The predicted molar refractivity (Wildman–Crippen MR) is 67.2 cm³/mol. The lowest BCUT2D eigenvalue weighted by molar-refractivity contribution is 0.478. The minimum Gasteiger partial charge on any atom is -0.365 e. The molecule has 0 spiro atoms. The summed E-state index contributed by atoms with van der Waals surface area (Å²) in [6.07, 6.45) is 5.98. The smallest absolute Gasteiger partial charge is 0.152 e. The minimum absolute atomic E-state index is 0.519. The summed E-state index contributed by atoms with van der Waals surface area (Å²) >= 11 is 0. The van der Waals surface area contributed by atoms with Crippen LogP contribution in [0.25, 0.3) is 5.52 Å². The van der Waals surface area contributed by atoms with Crippen molar-refractivity contribution >= 4 is 11.3 Å². The molecule has 1 aliphatic rings. The molecule has 0 aliphatic carbocycles. The molecule has 0 bridgehead atoms. The molecule has 0 unspecified atom stereocenters. The summed E-state index contributed by atoms with van der Waals surface area (Å²) in [7, 11) is 0. The quantitative estimate of drug-likeness (QED) is 0.815. The van der Waals surface area contributed by atoms with Crippen LogP contribution in [0.3, 0.4) is 0 Å². The topological polar surface area (TPSA) is 54.2 Å². The summed E-state index contributed by atoms with van der Waals surface area (Å²) in [4.78, 5) is 4.42. The van der Waals surface area contributed by atoms with Gasteiger partial charge in [0.2, 0.25) is 0 Å². The summed E-state index contributed by atoms with van der Waals surface area (Å²) in [6, 6.07) is 2.58. The molecule has 0 amide bonds. The van der Waals surface area contributed by atoms with E-state index in [2.05, 4.69) is 26.8 Å². The average Bonchev–Trinajstić information content (AvgIpc) is 2.72. The van der Waals surface area contributed by atoms with Gasteiger partial charge in [0, 0.05) is 18.4 Å². The predicted octanol–water partition coefficient (Wildman–Crippen LogP) is 1.20. The number of rotatable bonds is 2. The fraction of sp³-hybridized carbons (Fsp3) is 0.500. The van der Waals surface area contributed by atoms with E-state index >= 15 is 0 Å². The normalized spacial score (nSPS) is 17.5. The van der Waals surface area contributed by atoms with Gasteiger partial charge in [0.1, 0.15) is 5.52 Å². The van der Waals surface area contributed by atoms with Gasteiger partial charge >= 0.3 is 0 Å². The molecule has 90 valence electrons. The van der Waals surface area contributed by atoms with E-state index < -0.39 is 0 Å². The Balaban J connectivity index is 1.88. The number of nitrogens with one attached hydrogen (secondary N) is 2. The molecule has 0 atom stereocenters. The highest BCUT2D eigenvalue weighted by molar-refractivity contribution is 5.68. The lowest BCUT2D eigenvalue weighted by atomic mass is 10.1. The fourth-order valence-corrected chi connectivity index (χ4v) is 2.32. The second kappa shape index (κ2) is 4.33. The number of nitrogens with zero attached hydrogens (tertiary/aromatic N) is 3. The molecule has 0 saturated carbocycles. The van der Waals surface area contributed by atoms with Crippen molar-refractivity contribution < 1.29 is 0 Å². The SMILES string of the molecule is Cc1cc2c(NC3CCNCC3)nccn2n1. The van der Waals surface area contributed by atoms with Crippen LogP contribution in [0.4, 0.5) is 5.82 Å². The van der Waals surface area contributed by atoms with Crippen molar-refractivity contribution in [3.05, 3.63) is 24.2 Å². The highest BCUT2D eigenvalue weighted by atomic mass is 15.2. The summed E-state index contributed by atoms with van der Waals surface area (Å²) in [6.45, 7) is 4.17. The number of piperidine rings is 1. The van der Waals surface area contributed by atoms with Crippen molar-refractivity contribution in [3.63, 3.8) is 0 Å². The first-order valence-electron chi connectivity index (χ1n) is 6.11. The molecule has 5 nitrogen and oxygen atoms in total. The zero-order chi connectivity index (χ0) is 11.7. The summed E-state index contributed by atoms with van der Waals surface area (Å²) in [5.74, 6) is 0.944. The summed E-state index contributed by atoms with van der Waals surface area (Å²) in [5.41, 5.74) is 2.08. The monoisotopic (exact) mass is 231 g/mol. The first-order chi connectivity index (χ1) is 8.33. The third kappa shape index (κ3) is 2.10. The van der Waals surface area contributed by atoms with Crippen molar-refractivity contribution in [2.75, 3.05) is 18.4 Å². The van der Waals surface area contributed by atoms with Gasteiger partial charge in [-0.3, -0.25) is 0 Å². The largest absolute Gasteiger partial charge is 0.365 e. The lowest BCUT2D eigenvalue weighted by Crippen LogP contribution is -2.35. The Hall–Kier alpha value is -1.62. The third-order valence-corrected chi connectivity index (χ3v) is 3.19. The molecule has 2 aromatic rings. The van der Waals surface area contributed by atoms with E-state index in [4.69, 9.17) is 0 Å². The van der Waals surface area contributed by atoms with E-state index in [0.29, 0.717) is 6.04 Å². The number of aromatic nitrogens is 3. The van der Waals surface area contributed by atoms with Gasteiger partial charge in [-0.15, -0.1) is 0 Å². The molecule has 3 rings (SSSR count). The van der Waals surface area contributed by atoms with Crippen LogP contribution >= 0.6 is 0 Å². The average molecular weight is 231 g/mol. The van der Waals surface area contributed by atoms with Gasteiger partial charge in [0.15, 0.2) is 5.82 Å². The third-order valence-electron chi connectivity index (χ3n) is 3.19. The first-order valence-corrected chi connectivity index (χ1v) is 6.11. The maximum absolute atomic E-state index is 4.42. The van der Waals surface area contributed by atoms with Crippen LogP contribution in [0.5, 0.6) is 0 Å². The van der Waals surface area contributed by atoms with Gasteiger partial charge in [-0.05, 0) is 38.9 Å². The highest BCUT2D eigenvalue weighted by Crippen LogP contribution is 2.17. The molecule has 1 saturated heterocycles. The Labute approximate surface area is 100 Å². The molecule has 1 fully saturated rings. The Morgan fingerprint density at radius 3 is 3.06 bits per heavy atom.